The summed E-state index contributed by atoms with van der Waals surface area (Å²) in [5.41, 5.74) is 2.14. The van der Waals surface area contributed by atoms with Crippen LogP contribution in [0.1, 0.15) is 37.4 Å². The van der Waals surface area contributed by atoms with Crippen LogP contribution in [0.25, 0.3) is 10.9 Å². The number of pyridine rings is 1. The van der Waals surface area contributed by atoms with Gasteiger partial charge in [-0.1, -0.05) is 17.7 Å². The van der Waals surface area contributed by atoms with Crippen molar-refractivity contribution in [3.8, 4) is 5.75 Å². The minimum atomic E-state index is -0.959. The molecule has 0 saturated carbocycles. The first-order valence-electron chi connectivity index (χ1n) is 12.3. The van der Waals surface area contributed by atoms with Gasteiger partial charge in [0.2, 0.25) is 5.91 Å². The van der Waals surface area contributed by atoms with Crippen molar-refractivity contribution in [1.29, 1.82) is 0 Å². The van der Waals surface area contributed by atoms with E-state index in [1.165, 1.54) is 24.0 Å². The van der Waals surface area contributed by atoms with Gasteiger partial charge >= 0.3 is 0 Å². The van der Waals surface area contributed by atoms with Crippen LogP contribution in [0.15, 0.2) is 47.5 Å². The molecule has 3 N–H and O–H groups in total. The lowest BCUT2D eigenvalue weighted by Gasteiger charge is -2.40. The third-order valence-corrected chi connectivity index (χ3v) is 8.59. The molecule has 2 aromatic carbocycles. The van der Waals surface area contributed by atoms with E-state index in [4.69, 9.17) is 16.3 Å². The van der Waals surface area contributed by atoms with Crippen molar-refractivity contribution in [3.63, 3.8) is 0 Å². The van der Waals surface area contributed by atoms with Crippen LogP contribution in [-0.4, -0.2) is 58.6 Å². The molecule has 204 valence electrons. The molecule has 1 aliphatic rings. The van der Waals surface area contributed by atoms with Crippen molar-refractivity contribution in [1.82, 2.24) is 15.4 Å². The highest BCUT2D eigenvalue weighted by atomic mass is 35.5. The van der Waals surface area contributed by atoms with Gasteiger partial charge in [-0.25, -0.2) is 14.3 Å². The third kappa shape index (κ3) is 6.21. The summed E-state index contributed by atoms with van der Waals surface area (Å²) in [5, 5.41) is 21.6. The molecule has 11 heteroatoms. The highest BCUT2D eigenvalue weighted by Gasteiger charge is 2.41. The Morgan fingerprint density at radius 1 is 1.29 bits per heavy atom. The number of hydrogen-bond donors (Lipinski definition) is 3. The van der Waals surface area contributed by atoms with Gasteiger partial charge in [0.1, 0.15) is 5.75 Å². The normalized spacial score (nSPS) is 16.4. The molecule has 7 nitrogen and oxygen atoms in total. The molecule has 1 amide bonds. The number of nitrogens with zero attached hydrogens (tertiary/aromatic N) is 2. The molecule has 2 heterocycles. The number of aliphatic hydroxyl groups excluding tert-OH is 1. The summed E-state index contributed by atoms with van der Waals surface area (Å²) < 4.78 is 32.7. The number of benzene rings is 2. The number of aromatic nitrogens is 1. The maximum Gasteiger partial charge on any atom is 0.249 e. The maximum atomic E-state index is 13.9. The van der Waals surface area contributed by atoms with Crippen molar-refractivity contribution < 1.29 is 28.6 Å². The molecule has 3 aromatic rings. The number of piperidine rings is 1. The highest BCUT2D eigenvalue weighted by molar-refractivity contribution is 7.99. The fourth-order valence-electron chi connectivity index (χ4n) is 4.98. The Morgan fingerprint density at radius 2 is 2.05 bits per heavy atom. The zero-order chi connectivity index (χ0) is 27.3. The fraction of sp³-hybridized carbons (Fsp3) is 0.407. The van der Waals surface area contributed by atoms with Gasteiger partial charge in [0, 0.05) is 34.3 Å². The Morgan fingerprint density at radius 3 is 2.76 bits per heavy atom. The number of amides is 1. The summed E-state index contributed by atoms with van der Waals surface area (Å²) in [5.74, 6) is -1.01. The van der Waals surface area contributed by atoms with Crippen LogP contribution in [0.4, 0.5) is 8.78 Å². The first-order chi connectivity index (χ1) is 18.3. The second-order valence-corrected chi connectivity index (χ2v) is 11.0. The fourth-order valence-corrected chi connectivity index (χ4v) is 6.23. The second kappa shape index (κ2) is 12.6. The molecule has 4 rings (SSSR count). The first kappa shape index (κ1) is 28.5. The molecular weight excluding hydrogens is 536 g/mol. The van der Waals surface area contributed by atoms with Gasteiger partial charge in [0.15, 0.2) is 11.6 Å². The molecule has 0 aliphatic carbocycles. The molecule has 0 bridgehead atoms. The van der Waals surface area contributed by atoms with Crippen molar-refractivity contribution in [2.45, 2.75) is 36.7 Å². The molecule has 38 heavy (non-hydrogen) atoms. The van der Waals surface area contributed by atoms with Gasteiger partial charge in [-0.05, 0) is 69.1 Å². The van der Waals surface area contributed by atoms with Crippen LogP contribution < -0.4 is 10.2 Å². The van der Waals surface area contributed by atoms with Crippen LogP contribution in [0, 0.1) is 17.0 Å². The van der Waals surface area contributed by atoms with Crippen LogP contribution >= 0.6 is 23.4 Å². The van der Waals surface area contributed by atoms with Gasteiger partial charge < -0.3 is 14.7 Å². The van der Waals surface area contributed by atoms with Gasteiger partial charge in [-0.2, -0.15) is 0 Å². The van der Waals surface area contributed by atoms with Gasteiger partial charge in [-0.15, -0.1) is 11.8 Å². The number of carbonyl (C=O) groups is 1. The Kier molecular flexibility index (Phi) is 9.43. The number of aliphatic hydroxyl groups is 1. The quantitative estimate of drug-likeness (QED) is 0.173. The van der Waals surface area contributed by atoms with E-state index in [0.29, 0.717) is 71.9 Å². The summed E-state index contributed by atoms with van der Waals surface area (Å²) in [7, 11) is 1.55. The molecule has 1 fully saturated rings. The Balaban J connectivity index is 1.40. The zero-order valence-electron chi connectivity index (χ0n) is 20.9. The highest BCUT2D eigenvalue weighted by Crippen LogP contribution is 2.41. The van der Waals surface area contributed by atoms with E-state index in [2.05, 4.69) is 9.88 Å². The predicted octanol–water partition coefficient (Wildman–Crippen LogP) is 5.37. The molecule has 0 radical (unpaired) electrons. The number of carbonyl (C=O) groups excluding carboxylic acids is 1. The van der Waals surface area contributed by atoms with E-state index >= 15 is 0 Å². The average Bonchev–Trinajstić information content (AvgIpc) is 2.93. The molecule has 1 atom stereocenters. The van der Waals surface area contributed by atoms with E-state index in [1.54, 1.807) is 31.4 Å². The minimum absolute atomic E-state index is 0.248. The van der Waals surface area contributed by atoms with Crippen LogP contribution in [0.2, 0.25) is 5.02 Å². The zero-order valence-corrected chi connectivity index (χ0v) is 22.5. The number of likely N-dealkylation sites (tertiary alicyclic amines) is 1. The smallest absolute Gasteiger partial charge is 0.249 e. The number of hydrogen-bond acceptors (Lipinski definition) is 7. The molecule has 0 unspecified atom stereocenters. The lowest BCUT2D eigenvalue weighted by Crippen LogP contribution is -2.48. The number of nitrogens with one attached hydrogen (secondary N) is 1. The topological polar surface area (TPSA) is 94.9 Å². The van der Waals surface area contributed by atoms with Crippen LogP contribution in [0.3, 0.4) is 0 Å². The Bertz CT molecular complexity index is 1290. The van der Waals surface area contributed by atoms with E-state index in [1.807, 2.05) is 5.48 Å². The van der Waals surface area contributed by atoms with E-state index in [9.17, 15) is 23.9 Å². The summed E-state index contributed by atoms with van der Waals surface area (Å²) in [6.45, 7) is 1.82. The monoisotopic (exact) mass is 565 g/mol. The van der Waals surface area contributed by atoms with Gasteiger partial charge in [-0.3, -0.25) is 15.0 Å². The first-order valence-corrected chi connectivity index (χ1v) is 13.7. The number of methoxy groups -OCH3 is 1. The predicted molar refractivity (Wildman–Crippen MR) is 143 cm³/mol. The van der Waals surface area contributed by atoms with Crippen LogP contribution in [0.5, 0.6) is 5.75 Å². The standard InChI is InChI=1S/C27H30ClF2N3O4S/c1-37-17-5-6-21-18(15-17)24(19(28)16-31-21)22(34)7-8-27(26(35)32-36)9-11-33(12-10-27)13-14-38-23-4-2-3-20(29)25(23)30/h2-6,15-16,22,34,36H,7-14H2,1H3,(H,32,35)/t22-/m1/s1. The number of fused-ring (bicyclic) bond motifs is 1. The third-order valence-electron chi connectivity index (χ3n) is 7.28. The van der Waals surface area contributed by atoms with E-state index < -0.39 is 29.1 Å². The van der Waals surface area contributed by atoms with Crippen molar-refractivity contribution in [2.75, 3.05) is 32.5 Å². The van der Waals surface area contributed by atoms with Crippen molar-refractivity contribution in [2.24, 2.45) is 5.41 Å². The van der Waals surface area contributed by atoms with Gasteiger partial charge in [0.05, 0.1) is 29.2 Å². The van der Waals surface area contributed by atoms with Crippen molar-refractivity contribution >= 4 is 40.2 Å². The van der Waals surface area contributed by atoms with Crippen LogP contribution in [-0.2, 0) is 4.79 Å². The maximum absolute atomic E-state index is 13.9. The number of hydroxylamine groups is 1. The van der Waals surface area contributed by atoms with Crippen molar-refractivity contribution in [3.05, 3.63) is 64.8 Å². The number of halogens is 3. The number of ether oxygens (including phenoxy) is 1. The minimum Gasteiger partial charge on any atom is -0.497 e. The molecule has 1 aromatic heterocycles. The summed E-state index contributed by atoms with van der Waals surface area (Å²) in [6.07, 6.45) is 2.07. The largest absolute Gasteiger partial charge is 0.497 e. The molecular formula is C27H30ClF2N3O4S. The summed E-state index contributed by atoms with van der Waals surface area (Å²) >= 11 is 7.68. The number of thioether (sulfide) groups is 1. The number of rotatable bonds is 10. The molecule has 0 spiro atoms. The second-order valence-electron chi connectivity index (χ2n) is 9.42. The van der Waals surface area contributed by atoms with Gasteiger partial charge in [0.25, 0.3) is 0 Å². The van der Waals surface area contributed by atoms with E-state index in [0.717, 1.165) is 6.07 Å². The summed E-state index contributed by atoms with van der Waals surface area (Å²) in [6, 6.07) is 9.47. The summed E-state index contributed by atoms with van der Waals surface area (Å²) in [4.78, 5) is 19.5. The lowest BCUT2D eigenvalue weighted by atomic mass is 9.73. The molecule has 1 saturated heterocycles. The van der Waals surface area contributed by atoms with E-state index in [-0.39, 0.29) is 11.3 Å². The molecule has 1 aliphatic heterocycles. The SMILES string of the molecule is COc1ccc2ncc(Cl)c([C@H](O)CCC3(C(=O)NO)CCN(CCSc4cccc(F)c4F)CC3)c2c1. The Labute approximate surface area is 229 Å². The lowest BCUT2D eigenvalue weighted by molar-refractivity contribution is -0.143. The average molecular weight is 566 g/mol. The Hall–Kier alpha value is -2.50.